The fourth-order valence-corrected chi connectivity index (χ4v) is 17.5. The Morgan fingerprint density at radius 2 is 1.53 bits per heavy atom. The van der Waals surface area contributed by atoms with Crippen molar-refractivity contribution in [2.24, 2.45) is 73.9 Å². The molecule has 1 unspecified atom stereocenters. The molecule has 9 nitrogen and oxygen atoms in total. The molecule has 1 amide bonds. The van der Waals surface area contributed by atoms with Gasteiger partial charge in [-0.1, -0.05) is 115 Å². The third-order valence-corrected chi connectivity index (χ3v) is 21.5. The minimum atomic E-state index is -0.531. The lowest BCUT2D eigenvalue weighted by Crippen LogP contribution is -2.67. The van der Waals surface area contributed by atoms with Crippen LogP contribution < -0.4 is 0 Å². The second kappa shape index (κ2) is 16.8. The van der Waals surface area contributed by atoms with Crippen molar-refractivity contribution in [3.05, 3.63) is 89.9 Å². The van der Waals surface area contributed by atoms with Gasteiger partial charge in [0.1, 0.15) is 24.8 Å². The highest BCUT2D eigenvalue weighted by atomic mass is 16.5. The van der Waals surface area contributed by atoms with Crippen molar-refractivity contribution in [2.75, 3.05) is 6.54 Å². The predicted molar refractivity (Wildman–Crippen MR) is 264 cm³/mol. The number of ether oxygens (including phenoxy) is 2. The van der Waals surface area contributed by atoms with Gasteiger partial charge in [-0.3, -0.25) is 19.2 Å². The van der Waals surface area contributed by atoms with Crippen LogP contribution in [0.5, 0.6) is 0 Å². The van der Waals surface area contributed by atoms with Gasteiger partial charge < -0.3 is 19.4 Å². The molecule has 1 saturated heterocycles. The fraction of sp³-hybridized carbons (Fsp3) is 0.644. The molecule has 7 aliphatic rings. The smallest absolute Gasteiger partial charge is 0.309 e. The van der Waals surface area contributed by atoms with Gasteiger partial charge in [0.25, 0.3) is 0 Å². The molecule has 0 radical (unpaired) electrons. The zero-order chi connectivity index (χ0) is 48.2. The highest BCUT2D eigenvalue weighted by molar-refractivity contribution is 5.85. The van der Waals surface area contributed by atoms with Gasteiger partial charge in [-0.15, -0.1) is 0 Å². The summed E-state index contributed by atoms with van der Waals surface area (Å²) >= 11 is 0. The Balaban J connectivity index is 0.846. The van der Waals surface area contributed by atoms with Crippen molar-refractivity contribution in [1.82, 2.24) is 14.9 Å². The zero-order valence-electron chi connectivity index (χ0n) is 42.2. The molecule has 7 fully saturated rings. The van der Waals surface area contributed by atoms with Crippen LogP contribution >= 0.6 is 0 Å². The van der Waals surface area contributed by atoms with Crippen LogP contribution in [0.2, 0.25) is 0 Å². The number of fused-ring (bicyclic) bond motifs is 7. The van der Waals surface area contributed by atoms with Crippen molar-refractivity contribution >= 4 is 24.1 Å². The number of allylic oxidation sites excluding steroid dienone is 1. The maximum atomic E-state index is 15.6. The number of benzene rings is 2. The van der Waals surface area contributed by atoms with E-state index in [1.54, 1.807) is 0 Å². The molecule has 6 saturated carbocycles. The van der Waals surface area contributed by atoms with Crippen molar-refractivity contribution in [2.45, 2.75) is 158 Å². The van der Waals surface area contributed by atoms with E-state index in [-0.39, 0.29) is 70.1 Å². The molecular weight excluding hydrogens is 847 g/mol. The fourth-order valence-electron chi connectivity index (χ4n) is 17.5. The van der Waals surface area contributed by atoms with Crippen LogP contribution in [0.15, 0.2) is 72.9 Å². The van der Waals surface area contributed by atoms with Gasteiger partial charge in [0.2, 0.25) is 5.91 Å². The first-order valence-corrected chi connectivity index (χ1v) is 26.3. The number of nitrogens with one attached hydrogen (secondary N) is 1. The van der Waals surface area contributed by atoms with Crippen LogP contribution in [0.1, 0.15) is 167 Å². The van der Waals surface area contributed by atoms with E-state index >= 15 is 4.79 Å². The molecule has 1 aromatic heterocycles. The average Bonchev–Trinajstić information content (AvgIpc) is 4.09. The largest absolute Gasteiger partial charge is 0.462 e. The Hall–Kier alpha value is -4.53. The van der Waals surface area contributed by atoms with Crippen molar-refractivity contribution < 1.29 is 28.7 Å². The quantitative estimate of drug-likeness (QED) is 0.122. The number of aromatic nitrogens is 2. The van der Waals surface area contributed by atoms with Crippen LogP contribution in [0, 0.1) is 73.9 Å². The Labute approximate surface area is 405 Å². The van der Waals surface area contributed by atoms with Gasteiger partial charge in [0.15, 0.2) is 0 Å². The molecule has 68 heavy (non-hydrogen) atoms. The summed E-state index contributed by atoms with van der Waals surface area (Å²) in [5.41, 5.74) is 3.89. The molecule has 1 aliphatic heterocycles. The van der Waals surface area contributed by atoms with Crippen molar-refractivity contribution in [3.63, 3.8) is 0 Å². The van der Waals surface area contributed by atoms with Crippen LogP contribution in [0.25, 0.3) is 11.3 Å². The Bertz CT molecular complexity index is 2460. The number of nitrogens with zero attached hydrogens (tertiary/aromatic N) is 2. The lowest BCUT2D eigenvalue weighted by atomic mass is 9.32. The minimum absolute atomic E-state index is 0.0787. The third-order valence-electron chi connectivity index (χ3n) is 21.5. The van der Waals surface area contributed by atoms with Crippen LogP contribution in [0.3, 0.4) is 0 Å². The number of aromatic amines is 1. The first kappa shape index (κ1) is 47.2. The predicted octanol–water partition coefficient (Wildman–Crippen LogP) is 12.5. The molecule has 3 aromatic rings. The molecule has 2 aromatic carbocycles. The van der Waals surface area contributed by atoms with Gasteiger partial charge in [-0.2, -0.15) is 0 Å². The summed E-state index contributed by atoms with van der Waals surface area (Å²) in [4.78, 5) is 65.0. The van der Waals surface area contributed by atoms with Crippen LogP contribution in [-0.2, 0) is 30.5 Å². The second-order valence-corrected chi connectivity index (χ2v) is 25.0. The van der Waals surface area contributed by atoms with Crippen molar-refractivity contribution in [1.29, 1.82) is 0 Å². The number of hydrogen-bond donors (Lipinski definition) is 1. The van der Waals surface area contributed by atoms with Gasteiger partial charge >= 0.3 is 11.9 Å². The molecule has 13 atom stereocenters. The Morgan fingerprint density at radius 1 is 0.794 bits per heavy atom. The van der Waals surface area contributed by atoms with E-state index in [2.05, 4.69) is 58.0 Å². The number of esters is 2. The molecular formula is C59H77N3O6. The number of carbonyl (C=O) groups excluding carboxylic acids is 4. The lowest BCUT2D eigenvalue weighted by Gasteiger charge is -2.73. The van der Waals surface area contributed by atoms with Crippen LogP contribution in [0.4, 0.5) is 0 Å². The number of amides is 1. The number of hydrogen-bond acceptors (Lipinski definition) is 7. The number of rotatable bonds is 10. The summed E-state index contributed by atoms with van der Waals surface area (Å²) in [6, 6.07) is 17.2. The standard InChI is InChI=1S/C59H77N3O6/c1-36(2)40-23-28-59(53(66)62-31-13-16-45(62)50-60-33-44(61-50)39-19-17-37(34-63)18-20-39)30-29-57(8)41(49(40)59)21-22-47-56(7)26-25-48(55(5,6)46(56)24-27-58(47,57)9)68-52(65)43-32-42(54(43,3)4)51(64)67-35-38-14-11-10-12-15-38/h10-12,14-15,17-20,33-34,40-43,45-49H,1,13,16,21-32,35H2,2-9H3,(H,60,61)/t40-,41+,42-,43+,45?,46-,47+,48-,49+,56-,57+,58+,59-/m0/s1. The third kappa shape index (κ3) is 7.06. The van der Waals surface area contributed by atoms with Gasteiger partial charge in [-0.05, 0) is 153 Å². The van der Waals surface area contributed by atoms with Gasteiger partial charge in [0.05, 0.1) is 35.2 Å². The maximum absolute atomic E-state index is 15.6. The molecule has 9 heteroatoms. The minimum Gasteiger partial charge on any atom is -0.462 e. The average molecular weight is 924 g/mol. The van der Waals surface area contributed by atoms with E-state index in [1.807, 2.05) is 74.6 Å². The van der Waals surface area contributed by atoms with Crippen LogP contribution in [-0.4, -0.2) is 51.6 Å². The number of likely N-dealkylation sites (tertiary alicyclic amines) is 1. The molecule has 0 spiro atoms. The first-order chi connectivity index (χ1) is 32.3. The maximum Gasteiger partial charge on any atom is 0.309 e. The number of imidazole rings is 1. The van der Waals surface area contributed by atoms with Gasteiger partial charge in [0, 0.05) is 17.5 Å². The van der Waals surface area contributed by atoms with Gasteiger partial charge in [-0.25, -0.2) is 4.98 Å². The summed E-state index contributed by atoms with van der Waals surface area (Å²) in [5, 5.41) is 0. The second-order valence-electron chi connectivity index (χ2n) is 25.0. The first-order valence-electron chi connectivity index (χ1n) is 26.3. The topological polar surface area (TPSA) is 119 Å². The normalized spacial score (nSPS) is 38.7. The monoisotopic (exact) mass is 924 g/mol. The zero-order valence-corrected chi connectivity index (χ0v) is 42.2. The van der Waals surface area contributed by atoms with E-state index in [1.165, 1.54) is 12.0 Å². The lowest BCUT2D eigenvalue weighted by molar-refractivity contribution is -0.251. The molecule has 1 N–H and O–H groups in total. The number of carbonyl (C=O) groups is 4. The summed E-state index contributed by atoms with van der Waals surface area (Å²) in [6.45, 7) is 24.5. The van der Waals surface area contributed by atoms with Crippen molar-refractivity contribution in [3.8, 4) is 11.3 Å². The molecule has 6 aliphatic carbocycles. The Morgan fingerprint density at radius 3 is 2.24 bits per heavy atom. The summed E-state index contributed by atoms with van der Waals surface area (Å²) in [5.74, 6) is 2.16. The number of H-pyrrole nitrogens is 1. The van der Waals surface area contributed by atoms with E-state index < -0.39 is 10.8 Å². The van der Waals surface area contributed by atoms with E-state index in [9.17, 15) is 14.4 Å². The molecule has 2 heterocycles. The molecule has 364 valence electrons. The molecule has 0 bridgehead atoms. The highest BCUT2D eigenvalue weighted by Gasteiger charge is 2.73. The summed E-state index contributed by atoms with van der Waals surface area (Å²) in [7, 11) is 0. The van der Waals surface area contributed by atoms with E-state index in [0.717, 1.165) is 106 Å². The summed E-state index contributed by atoms with van der Waals surface area (Å²) < 4.78 is 12.4. The highest BCUT2D eigenvalue weighted by Crippen LogP contribution is 2.78. The van der Waals surface area contributed by atoms with E-state index in [4.69, 9.17) is 14.5 Å². The van der Waals surface area contributed by atoms with E-state index in [0.29, 0.717) is 41.6 Å². The molecule has 10 rings (SSSR count). The SMILES string of the molecule is C=C(C)[C@@H]1CC[C@]2(C(=O)N3CCCC3c3ncc(-c4ccc(C=O)cc4)[nH]3)CC[C@]3(C)[C@H](CC[C@@H]4[C@@]5(C)CC[C@H](OC(=O)[C@H]6C[C@@H](C(=O)OCc7ccccc7)C6(C)C)C(C)(C)[C@@H]5CC[C@]43C)[C@@H]12. The number of aldehydes is 1. The Kier molecular flexibility index (Phi) is 11.7. The summed E-state index contributed by atoms with van der Waals surface area (Å²) in [6.07, 6.45) is 15.3.